The Kier molecular flexibility index (Phi) is 6.24. The van der Waals surface area contributed by atoms with Gasteiger partial charge in [-0.3, -0.25) is 4.79 Å². The summed E-state index contributed by atoms with van der Waals surface area (Å²) in [7, 11) is 0. The van der Waals surface area contributed by atoms with Crippen LogP contribution in [-0.2, 0) is 0 Å². The van der Waals surface area contributed by atoms with Gasteiger partial charge in [-0.05, 0) is 55.2 Å². The lowest BCUT2D eigenvalue weighted by molar-refractivity contribution is 0.102. The Morgan fingerprint density at radius 3 is 2.60 bits per heavy atom. The van der Waals surface area contributed by atoms with Crippen molar-refractivity contribution in [3.05, 3.63) is 88.9 Å². The molecule has 0 aromatic heterocycles. The van der Waals surface area contributed by atoms with E-state index < -0.39 is 5.91 Å². The Morgan fingerprint density at radius 2 is 1.77 bits per heavy atom. The monoisotopic (exact) mass is 421 g/mol. The van der Waals surface area contributed by atoms with Gasteiger partial charge in [0.15, 0.2) is 0 Å². The fourth-order valence-corrected chi connectivity index (χ4v) is 4.20. The van der Waals surface area contributed by atoms with Gasteiger partial charge in [0.05, 0.1) is 5.56 Å². The largest absolute Gasteiger partial charge is 0.507 e. The fraction of sp³-hybridized carbons (Fsp3) is 0.240. The van der Waals surface area contributed by atoms with Crippen molar-refractivity contribution in [2.24, 2.45) is 0 Å². The molecule has 0 aliphatic heterocycles. The van der Waals surface area contributed by atoms with Gasteiger partial charge in [0, 0.05) is 22.7 Å². The molecule has 4 nitrogen and oxygen atoms in total. The van der Waals surface area contributed by atoms with Crippen LogP contribution in [0.3, 0.4) is 0 Å². The van der Waals surface area contributed by atoms with Crippen molar-refractivity contribution in [1.82, 2.24) is 0 Å². The minimum atomic E-state index is -0.424. The van der Waals surface area contributed by atoms with Gasteiger partial charge < -0.3 is 15.2 Å². The highest BCUT2D eigenvalue weighted by atomic mass is 35.5. The predicted octanol–water partition coefficient (Wildman–Crippen LogP) is 6.40. The zero-order chi connectivity index (χ0) is 20.9. The summed E-state index contributed by atoms with van der Waals surface area (Å²) in [4.78, 5) is 12.6. The molecule has 30 heavy (non-hydrogen) atoms. The van der Waals surface area contributed by atoms with Crippen LogP contribution in [0.4, 0.5) is 5.69 Å². The maximum atomic E-state index is 12.6. The SMILES string of the molecule is O=C(Nc1cccc(OC2CCCCC2c2ccccc2)c1)c1cc(Cl)ccc1O. The second-order valence-electron chi connectivity index (χ2n) is 7.60. The molecule has 2 atom stereocenters. The van der Waals surface area contributed by atoms with Crippen LogP contribution in [0.5, 0.6) is 11.5 Å². The Balaban J connectivity index is 1.49. The quantitative estimate of drug-likeness (QED) is 0.500. The highest BCUT2D eigenvalue weighted by Gasteiger charge is 2.28. The van der Waals surface area contributed by atoms with Gasteiger partial charge in [-0.1, -0.05) is 54.4 Å². The maximum Gasteiger partial charge on any atom is 0.259 e. The molecule has 1 saturated carbocycles. The number of hydrogen-bond donors (Lipinski definition) is 2. The van der Waals surface area contributed by atoms with Gasteiger partial charge in [0.2, 0.25) is 0 Å². The van der Waals surface area contributed by atoms with Gasteiger partial charge in [-0.2, -0.15) is 0 Å². The summed E-state index contributed by atoms with van der Waals surface area (Å²) in [6.45, 7) is 0. The van der Waals surface area contributed by atoms with Crippen molar-refractivity contribution in [2.45, 2.75) is 37.7 Å². The average molecular weight is 422 g/mol. The zero-order valence-corrected chi connectivity index (χ0v) is 17.3. The van der Waals surface area contributed by atoms with E-state index in [0.29, 0.717) is 16.6 Å². The first-order valence-electron chi connectivity index (χ1n) is 10.2. The van der Waals surface area contributed by atoms with E-state index in [1.54, 1.807) is 6.07 Å². The van der Waals surface area contributed by atoms with E-state index in [0.717, 1.165) is 25.0 Å². The lowest BCUT2D eigenvalue weighted by atomic mass is 9.81. The van der Waals surface area contributed by atoms with E-state index in [2.05, 4.69) is 29.6 Å². The second-order valence-corrected chi connectivity index (χ2v) is 8.04. The van der Waals surface area contributed by atoms with Crippen LogP contribution >= 0.6 is 11.6 Å². The minimum Gasteiger partial charge on any atom is -0.507 e. The molecule has 1 aliphatic carbocycles. The van der Waals surface area contributed by atoms with Gasteiger partial charge in [-0.15, -0.1) is 0 Å². The van der Waals surface area contributed by atoms with Crippen LogP contribution in [0, 0.1) is 0 Å². The third-order valence-electron chi connectivity index (χ3n) is 5.51. The van der Waals surface area contributed by atoms with E-state index in [1.165, 1.54) is 30.2 Å². The van der Waals surface area contributed by atoms with E-state index in [4.69, 9.17) is 16.3 Å². The summed E-state index contributed by atoms with van der Waals surface area (Å²) in [6, 6.07) is 22.3. The third-order valence-corrected chi connectivity index (χ3v) is 5.75. The summed E-state index contributed by atoms with van der Waals surface area (Å²) < 4.78 is 6.37. The van der Waals surface area contributed by atoms with Crippen LogP contribution < -0.4 is 10.1 Å². The molecule has 5 heteroatoms. The summed E-state index contributed by atoms with van der Waals surface area (Å²) in [5.74, 6) is 0.543. The van der Waals surface area contributed by atoms with Crippen molar-refractivity contribution < 1.29 is 14.6 Å². The average Bonchev–Trinajstić information content (AvgIpc) is 2.76. The van der Waals surface area contributed by atoms with Crippen molar-refractivity contribution in [3.63, 3.8) is 0 Å². The molecule has 0 radical (unpaired) electrons. The molecule has 1 amide bonds. The van der Waals surface area contributed by atoms with Crippen molar-refractivity contribution in [1.29, 1.82) is 0 Å². The molecule has 3 aromatic rings. The zero-order valence-electron chi connectivity index (χ0n) is 16.6. The van der Waals surface area contributed by atoms with E-state index in [1.807, 2.05) is 24.3 Å². The summed E-state index contributed by atoms with van der Waals surface area (Å²) in [5, 5.41) is 13.1. The Labute approximate surface area is 181 Å². The predicted molar refractivity (Wildman–Crippen MR) is 120 cm³/mol. The molecule has 2 unspecified atom stereocenters. The standard InChI is InChI=1S/C25H24ClNO3/c26-18-13-14-23(28)22(15-18)25(29)27-19-9-6-10-20(16-19)30-24-12-5-4-11-21(24)17-7-2-1-3-8-17/h1-3,6-10,13-16,21,24,28H,4-5,11-12H2,(H,27,29). The van der Waals surface area contributed by atoms with Crippen LogP contribution in [0.1, 0.15) is 47.5 Å². The Hall–Kier alpha value is -2.98. The van der Waals surface area contributed by atoms with Crippen LogP contribution in [0.25, 0.3) is 0 Å². The number of ether oxygens (including phenoxy) is 1. The number of carbonyl (C=O) groups is 1. The highest BCUT2D eigenvalue weighted by Crippen LogP contribution is 2.36. The van der Waals surface area contributed by atoms with Crippen molar-refractivity contribution >= 4 is 23.2 Å². The van der Waals surface area contributed by atoms with Crippen molar-refractivity contribution in [3.8, 4) is 11.5 Å². The molecule has 0 spiro atoms. The van der Waals surface area contributed by atoms with Crippen LogP contribution in [0.15, 0.2) is 72.8 Å². The molecule has 2 N–H and O–H groups in total. The maximum absolute atomic E-state index is 12.6. The smallest absolute Gasteiger partial charge is 0.259 e. The molecular weight excluding hydrogens is 398 g/mol. The second kappa shape index (κ2) is 9.23. The van der Waals surface area contributed by atoms with Gasteiger partial charge in [0.25, 0.3) is 5.91 Å². The molecule has 1 aliphatic rings. The molecule has 0 heterocycles. The first kappa shape index (κ1) is 20.3. The van der Waals surface area contributed by atoms with E-state index >= 15 is 0 Å². The number of phenolic OH excluding ortho intramolecular Hbond substituents is 1. The molecule has 3 aromatic carbocycles. The first-order chi connectivity index (χ1) is 14.6. The first-order valence-corrected chi connectivity index (χ1v) is 10.6. The molecule has 154 valence electrons. The lowest BCUT2D eigenvalue weighted by Gasteiger charge is -2.32. The molecule has 0 saturated heterocycles. The van der Waals surface area contributed by atoms with Crippen LogP contribution in [0.2, 0.25) is 5.02 Å². The van der Waals surface area contributed by atoms with Crippen molar-refractivity contribution in [2.75, 3.05) is 5.32 Å². The summed E-state index contributed by atoms with van der Waals surface area (Å²) in [6.07, 6.45) is 4.58. The van der Waals surface area contributed by atoms with E-state index in [9.17, 15) is 9.90 Å². The fourth-order valence-electron chi connectivity index (χ4n) is 4.03. The lowest BCUT2D eigenvalue weighted by Crippen LogP contribution is -2.28. The van der Waals surface area contributed by atoms with Gasteiger partial charge in [0.1, 0.15) is 17.6 Å². The van der Waals surface area contributed by atoms with Crippen LogP contribution in [-0.4, -0.2) is 17.1 Å². The Bertz CT molecular complexity index is 1020. The number of carbonyl (C=O) groups excluding carboxylic acids is 1. The number of nitrogens with one attached hydrogen (secondary N) is 1. The number of aromatic hydroxyl groups is 1. The summed E-state index contributed by atoms with van der Waals surface area (Å²) in [5.41, 5.74) is 2.04. The topological polar surface area (TPSA) is 58.6 Å². The highest BCUT2D eigenvalue weighted by molar-refractivity contribution is 6.31. The number of rotatable bonds is 5. The number of amides is 1. The number of anilines is 1. The van der Waals surface area contributed by atoms with E-state index in [-0.39, 0.29) is 17.4 Å². The molecule has 0 bridgehead atoms. The molecule has 4 rings (SSSR count). The Morgan fingerprint density at radius 1 is 0.967 bits per heavy atom. The minimum absolute atomic E-state index is 0.101. The normalized spacial score (nSPS) is 18.6. The molecular formula is C25H24ClNO3. The van der Waals surface area contributed by atoms with Gasteiger partial charge >= 0.3 is 0 Å². The number of halogens is 1. The summed E-state index contributed by atoms with van der Waals surface area (Å²) >= 11 is 5.95. The molecule has 1 fully saturated rings. The van der Waals surface area contributed by atoms with Gasteiger partial charge in [-0.25, -0.2) is 0 Å². The number of phenols is 1. The third kappa shape index (κ3) is 4.77. The number of hydrogen-bond acceptors (Lipinski definition) is 3. The number of benzene rings is 3.